The maximum Gasteiger partial charge on any atom is 0.194 e. The summed E-state index contributed by atoms with van der Waals surface area (Å²) in [4.78, 5) is 8.85. The molecule has 158 valence electrons. The van der Waals surface area contributed by atoms with E-state index < -0.39 is 0 Å². The third kappa shape index (κ3) is 4.02. The number of anilines is 1. The highest BCUT2D eigenvalue weighted by atomic mass is 32.1. The van der Waals surface area contributed by atoms with Gasteiger partial charge in [-0.05, 0) is 71.9 Å². The molecule has 1 aliphatic heterocycles. The van der Waals surface area contributed by atoms with Crippen LogP contribution >= 0.6 is 12.2 Å². The maximum absolute atomic E-state index is 5.77. The first-order valence-electron chi connectivity index (χ1n) is 10.3. The smallest absolute Gasteiger partial charge is 0.194 e. The molecule has 1 atom stereocenters. The van der Waals surface area contributed by atoms with Gasteiger partial charge in [-0.25, -0.2) is 5.01 Å². The number of ether oxygens (including phenoxy) is 1. The fourth-order valence-electron chi connectivity index (χ4n) is 3.80. The molecule has 4 aromatic rings. The first-order valence-corrected chi connectivity index (χ1v) is 10.7. The number of nitrogens with one attached hydrogen (secondary N) is 1. The zero-order valence-electron chi connectivity index (χ0n) is 17.5. The van der Waals surface area contributed by atoms with E-state index in [4.69, 9.17) is 22.1 Å². The van der Waals surface area contributed by atoms with E-state index in [1.54, 1.807) is 19.5 Å². The van der Waals surface area contributed by atoms with Gasteiger partial charge < -0.3 is 10.1 Å². The molecule has 0 radical (unpaired) electrons. The Labute approximate surface area is 191 Å². The summed E-state index contributed by atoms with van der Waals surface area (Å²) in [5, 5.41) is 10.7. The van der Waals surface area contributed by atoms with Crippen molar-refractivity contribution in [2.75, 3.05) is 12.4 Å². The van der Waals surface area contributed by atoms with Crippen molar-refractivity contribution < 1.29 is 4.74 Å². The van der Waals surface area contributed by atoms with Crippen molar-refractivity contribution in [1.82, 2.24) is 15.0 Å². The predicted octanol–water partition coefficient (Wildman–Crippen LogP) is 5.19. The van der Waals surface area contributed by atoms with Gasteiger partial charge in [-0.15, -0.1) is 0 Å². The molecule has 0 saturated heterocycles. The molecule has 3 aromatic carbocycles. The number of fused-ring (bicyclic) bond motifs is 1. The molecule has 1 N–H and O–H groups in total. The normalized spacial score (nSPS) is 15.5. The van der Waals surface area contributed by atoms with Crippen molar-refractivity contribution in [3.05, 3.63) is 96.3 Å². The molecule has 0 spiro atoms. The fourth-order valence-corrected chi connectivity index (χ4v) is 4.09. The minimum absolute atomic E-state index is 0.0535. The molecule has 1 aliphatic rings. The average molecular weight is 440 g/mol. The summed E-state index contributed by atoms with van der Waals surface area (Å²) in [6.45, 7) is 0. The van der Waals surface area contributed by atoms with Crippen molar-refractivity contribution in [2.24, 2.45) is 5.10 Å². The van der Waals surface area contributed by atoms with E-state index >= 15 is 0 Å². The summed E-state index contributed by atoms with van der Waals surface area (Å²) in [5.74, 6) is 0.815. The van der Waals surface area contributed by atoms with Gasteiger partial charge in [-0.2, -0.15) is 5.10 Å². The SMILES string of the molecule is COc1ccc(C2=NN(C(=S)Nc3ccccc3)C(c3ccc4nccnc4c3)C2)cc1. The Kier molecular flexibility index (Phi) is 5.47. The van der Waals surface area contributed by atoms with Crippen LogP contribution in [0.25, 0.3) is 11.0 Å². The molecular formula is C25H21N5OS. The number of hydrogen-bond donors (Lipinski definition) is 1. The highest BCUT2D eigenvalue weighted by Crippen LogP contribution is 2.34. The lowest BCUT2D eigenvalue weighted by atomic mass is 9.98. The van der Waals surface area contributed by atoms with Crippen molar-refractivity contribution in [1.29, 1.82) is 0 Å². The molecule has 0 aliphatic carbocycles. The van der Waals surface area contributed by atoms with Gasteiger partial charge in [-0.3, -0.25) is 9.97 Å². The van der Waals surface area contributed by atoms with Crippen molar-refractivity contribution in [3.63, 3.8) is 0 Å². The van der Waals surface area contributed by atoms with Gasteiger partial charge in [-0.1, -0.05) is 24.3 Å². The summed E-state index contributed by atoms with van der Waals surface area (Å²) in [6.07, 6.45) is 4.13. The number of methoxy groups -OCH3 is 1. The van der Waals surface area contributed by atoms with E-state index in [-0.39, 0.29) is 6.04 Å². The Morgan fingerprint density at radius 1 is 0.969 bits per heavy atom. The number of nitrogens with zero attached hydrogens (tertiary/aromatic N) is 4. The summed E-state index contributed by atoms with van der Waals surface area (Å²) in [6, 6.07) is 23.9. The van der Waals surface area contributed by atoms with E-state index in [1.165, 1.54) is 0 Å². The van der Waals surface area contributed by atoms with Gasteiger partial charge in [0.05, 0.1) is 29.9 Å². The van der Waals surface area contributed by atoms with Gasteiger partial charge in [0.15, 0.2) is 5.11 Å². The first kappa shape index (κ1) is 20.1. The molecule has 6 nitrogen and oxygen atoms in total. The van der Waals surface area contributed by atoms with Crippen LogP contribution in [0.4, 0.5) is 5.69 Å². The lowest BCUT2D eigenvalue weighted by Crippen LogP contribution is -2.31. The second-order valence-corrected chi connectivity index (χ2v) is 7.83. The summed E-state index contributed by atoms with van der Waals surface area (Å²) in [7, 11) is 1.66. The number of para-hydroxylation sites is 1. The van der Waals surface area contributed by atoms with Crippen LogP contribution in [0, 0.1) is 0 Å². The third-order valence-corrected chi connectivity index (χ3v) is 5.73. The summed E-state index contributed by atoms with van der Waals surface area (Å²) in [5.41, 5.74) is 5.73. The Bertz CT molecular complexity index is 1290. The van der Waals surface area contributed by atoms with Gasteiger partial charge in [0, 0.05) is 24.5 Å². The minimum Gasteiger partial charge on any atom is -0.497 e. The van der Waals surface area contributed by atoms with E-state index in [9.17, 15) is 0 Å². The first-order chi connectivity index (χ1) is 15.7. The summed E-state index contributed by atoms with van der Waals surface area (Å²) < 4.78 is 5.29. The fraction of sp³-hybridized carbons (Fsp3) is 0.120. The zero-order chi connectivity index (χ0) is 21.9. The molecular weight excluding hydrogens is 418 g/mol. The molecule has 0 fully saturated rings. The second kappa shape index (κ2) is 8.72. The van der Waals surface area contributed by atoms with Crippen molar-refractivity contribution in [2.45, 2.75) is 12.5 Å². The molecule has 1 unspecified atom stereocenters. The van der Waals surface area contributed by atoms with E-state index in [0.717, 1.165) is 39.3 Å². The van der Waals surface area contributed by atoms with Crippen LogP contribution in [0.1, 0.15) is 23.6 Å². The predicted molar refractivity (Wildman–Crippen MR) is 131 cm³/mol. The number of rotatable bonds is 4. The molecule has 5 rings (SSSR count). The number of thiocarbonyl (C=S) groups is 1. The molecule has 0 amide bonds. The van der Waals surface area contributed by atoms with Gasteiger partial charge >= 0.3 is 0 Å². The highest BCUT2D eigenvalue weighted by molar-refractivity contribution is 7.80. The Morgan fingerprint density at radius 2 is 1.72 bits per heavy atom. The number of hydrogen-bond acceptors (Lipinski definition) is 5. The Morgan fingerprint density at radius 3 is 2.47 bits per heavy atom. The second-order valence-electron chi connectivity index (χ2n) is 7.44. The minimum atomic E-state index is -0.0535. The zero-order valence-corrected chi connectivity index (χ0v) is 18.3. The molecule has 0 saturated carbocycles. The van der Waals surface area contributed by atoms with Crippen molar-refractivity contribution >= 4 is 39.8 Å². The quantitative estimate of drug-likeness (QED) is 0.442. The molecule has 0 bridgehead atoms. The standard InChI is InChI=1S/C25H21N5OS/c1-31-20-10-7-17(8-11-20)22-16-24(18-9-12-21-23(15-18)27-14-13-26-21)30(29-22)25(32)28-19-5-3-2-4-6-19/h2-15,24H,16H2,1H3,(H,28,32). The summed E-state index contributed by atoms with van der Waals surface area (Å²) >= 11 is 5.77. The molecule has 1 aromatic heterocycles. The van der Waals surface area contributed by atoms with Crippen LogP contribution in [-0.4, -0.2) is 32.9 Å². The van der Waals surface area contributed by atoms with E-state index in [1.807, 2.05) is 65.7 Å². The van der Waals surface area contributed by atoms with Crippen LogP contribution in [0.3, 0.4) is 0 Å². The Hall–Kier alpha value is -3.84. The van der Waals surface area contributed by atoms with Crippen LogP contribution in [0.15, 0.2) is 90.3 Å². The number of aromatic nitrogens is 2. The highest BCUT2D eigenvalue weighted by Gasteiger charge is 2.31. The Balaban J connectivity index is 1.50. The topological polar surface area (TPSA) is 62.6 Å². The molecule has 2 heterocycles. The van der Waals surface area contributed by atoms with Crippen LogP contribution in [0.2, 0.25) is 0 Å². The third-order valence-electron chi connectivity index (χ3n) is 5.44. The average Bonchev–Trinajstić information content (AvgIpc) is 3.30. The maximum atomic E-state index is 5.77. The van der Waals surface area contributed by atoms with Gasteiger partial charge in [0.25, 0.3) is 0 Å². The molecule has 32 heavy (non-hydrogen) atoms. The van der Waals surface area contributed by atoms with Crippen LogP contribution < -0.4 is 10.1 Å². The van der Waals surface area contributed by atoms with Crippen LogP contribution in [-0.2, 0) is 0 Å². The van der Waals surface area contributed by atoms with Gasteiger partial charge in [0.2, 0.25) is 0 Å². The van der Waals surface area contributed by atoms with Crippen molar-refractivity contribution in [3.8, 4) is 5.75 Å². The number of hydrazone groups is 1. The largest absolute Gasteiger partial charge is 0.497 e. The van der Waals surface area contributed by atoms with E-state index in [0.29, 0.717) is 11.5 Å². The van der Waals surface area contributed by atoms with Crippen LogP contribution in [0.5, 0.6) is 5.75 Å². The molecule has 7 heteroatoms. The monoisotopic (exact) mass is 439 g/mol. The van der Waals surface area contributed by atoms with Gasteiger partial charge in [0.1, 0.15) is 5.75 Å². The lowest BCUT2D eigenvalue weighted by Gasteiger charge is -2.25. The number of benzene rings is 3. The lowest BCUT2D eigenvalue weighted by molar-refractivity contribution is 0.376. The van der Waals surface area contributed by atoms with E-state index in [2.05, 4.69) is 27.4 Å².